The smallest absolute Gasteiger partial charge is 0.225 e. The van der Waals surface area contributed by atoms with E-state index < -0.39 is 0 Å². The second-order valence-electron chi connectivity index (χ2n) is 3.81. The van der Waals surface area contributed by atoms with E-state index in [0.717, 1.165) is 31.1 Å². The van der Waals surface area contributed by atoms with E-state index in [0.29, 0.717) is 6.04 Å². The number of hydrogen-bond acceptors (Lipinski definition) is 4. The van der Waals surface area contributed by atoms with Crippen LogP contribution in [0, 0.1) is 6.92 Å². The number of nitrogens with one attached hydrogen (secondary N) is 1. The number of piperazine rings is 1. The van der Waals surface area contributed by atoms with E-state index >= 15 is 0 Å². The molecule has 1 atom stereocenters. The van der Waals surface area contributed by atoms with Crippen LogP contribution in [0.3, 0.4) is 0 Å². The first-order chi connectivity index (χ1) is 6.77. The molecule has 4 heteroatoms. The largest absolute Gasteiger partial charge is 0.336 e. The van der Waals surface area contributed by atoms with Crippen LogP contribution in [0.25, 0.3) is 0 Å². The van der Waals surface area contributed by atoms with Crippen LogP contribution in [0.2, 0.25) is 0 Å². The van der Waals surface area contributed by atoms with Gasteiger partial charge in [-0.15, -0.1) is 0 Å². The van der Waals surface area contributed by atoms with Crippen LogP contribution in [-0.2, 0) is 0 Å². The molecule has 76 valence electrons. The zero-order valence-electron chi connectivity index (χ0n) is 8.70. The zero-order chi connectivity index (χ0) is 9.97. The van der Waals surface area contributed by atoms with E-state index in [2.05, 4.69) is 27.1 Å². The van der Waals surface area contributed by atoms with Crippen molar-refractivity contribution in [3.63, 3.8) is 0 Å². The number of aryl methyl sites for hydroxylation is 1. The zero-order valence-corrected chi connectivity index (χ0v) is 8.70. The molecule has 0 bridgehead atoms. The molecule has 0 amide bonds. The summed E-state index contributed by atoms with van der Waals surface area (Å²) in [4.78, 5) is 10.9. The van der Waals surface area contributed by atoms with Crippen molar-refractivity contribution in [2.24, 2.45) is 0 Å². The van der Waals surface area contributed by atoms with Crippen molar-refractivity contribution in [2.45, 2.75) is 19.9 Å². The molecule has 1 saturated heterocycles. The van der Waals surface area contributed by atoms with Gasteiger partial charge in [-0.2, -0.15) is 0 Å². The molecule has 1 N–H and O–H groups in total. The maximum atomic E-state index is 4.34. The van der Waals surface area contributed by atoms with Crippen LogP contribution in [0.1, 0.15) is 12.5 Å². The summed E-state index contributed by atoms with van der Waals surface area (Å²) in [6, 6.07) is 0.478. The molecule has 1 aliphatic rings. The molecule has 1 fully saturated rings. The lowest BCUT2D eigenvalue weighted by atomic mass is 10.2. The standard InChI is InChI=1S/C10H16N4/c1-8-5-12-10(13-6-8)14-4-3-11-7-9(14)2/h5-6,9,11H,3-4,7H2,1-2H3. The van der Waals surface area contributed by atoms with Crippen molar-refractivity contribution >= 4 is 5.95 Å². The summed E-state index contributed by atoms with van der Waals surface area (Å²) < 4.78 is 0. The predicted octanol–water partition coefficient (Wildman–Crippen LogP) is 0.583. The molecule has 2 heterocycles. The molecule has 2 rings (SSSR count). The molecule has 0 aromatic carbocycles. The summed E-state index contributed by atoms with van der Waals surface area (Å²) in [6.07, 6.45) is 3.74. The van der Waals surface area contributed by atoms with Crippen LogP contribution in [0.15, 0.2) is 12.4 Å². The molecule has 0 spiro atoms. The second-order valence-corrected chi connectivity index (χ2v) is 3.81. The summed E-state index contributed by atoms with van der Waals surface area (Å²) in [6.45, 7) is 7.21. The monoisotopic (exact) mass is 192 g/mol. The molecule has 0 radical (unpaired) electrons. The van der Waals surface area contributed by atoms with E-state index in [9.17, 15) is 0 Å². The van der Waals surface area contributed by atoms with Gasteiger partial charge in [-0.05, 0) is 19.4 Å². The highest BCUT2D eigenvalue weighted by Crippen LogP contribution is 2.11. The lowest BCUT2D eigenvalue weighted by molar-refractivity contribution is 0.493. The molecule has 14 heavy (non-hydrogen) atoms. The minimum atomic E-state index is 0.478. The van der Waals surface area contributed by atoms with E-state index in [1.807, 2.05) is 19.3 Å². The first-order valence-electron chi connectivity index (χ1n) is 5.03. The molecule has 4 nitrogen and oxygen atoms in total. The maximum absolute atomic E-state index is 4.34. The Hall–Kier alpha value is -1.16. The molecular weight excluding hydrogens is 176 g/mol. The van der Waals surface area contributed by atoms with Gasteiger partial charge >= 0.3 is 0 Å². The minimum absolute atomic E-state index is 0.478. The van der Waals surface area contributed by atoms with Crippen molar-refractivity contribution in [3.05, 3.63) is 18.0 Å². The Morgan fingerprint density at radius 2 is 2.14 bits per heavy atom. The Labute approximate surface area is 84.4 Å². The number of anilines is 1. The van der Waals surface area contributed by atoms with Crippen molar-refractivity contribution < 1.29 is 0 Å². The average molecular weight is 192 g/mol. The van der Waals surface area contributed by atoms with Crippen LogP contribution in [0.5, 0.6) is 0 Å². The van der Waals surface area contributed by atoms with Gasteiger partial charge in [0.15, 0.2) is 0 Å². The van der Waals surface area contributed by atoms with Crippen molar-refractivity contribution in [3.8, 4) is 0 Å². The van der Waals surface area contributed by atoms with Gasteiger partial charge in [-0.25, -0.2) is 9.97 Å². The third-order valence-electron chi connectivity index (χ3n) is 2.53. The number of hydrogen-bond donors (Lipinski definition) is 1. The molecule has 1 aliphatic heterocycles. The SMILES string of the molecule is Cc1cnc(N2CCNCC2C)nc1. The first kappa shape index (κ1) is 9.40. The molecule has 1 unspecified atom stereocenters. The highest BCUT2D eigenvalue weighted by atomic mass is 15.3. The lowest BCUT2D eigenvalue weighted by Crippen LogP contribution is -2.50. The molecular formula is C10H16N4. The summed E-state index contributed by atoms with van der Waals surface area (Å²) in [5, 5.41) is 3.35. The van der Waals surface area contributed by atoms with Gasteiger partial charge in [0.1, 0.15) is 0 Å². The van der Waals surface area contributed by atoms with Gasteiger partial charge < -0.3 is 10.2 Å². The molecule has 0 saturated carbocycles. The normalized spacial score (nSPS) is 22.4. The third kappa shape index (κ3) is 1.85. The number of rotatable bonds is 1. The van der Waals surface area contributed by atoms with Gasteiger partial charge in [-0.1, -0.05) is 0 Å². The minimum Gasteiger partial charge on any atom is -0.336 e. The Morgan fingerprint density at radius 3 is 2.79 bits per heavy atom. The highest BCUT2D eigenvalue weighted by Gasteiger charge is 2.19. The Bertz CT molecular complexity index is 295. The third-order valence-corrected chi connectivity index (χ3v) is 2.53. The fourth-order valence-corrected chi connectivity index (χ4v) is 1.67. The van der Waals surface area contributed by atoms with Crippen LogP contribution < -0.4 is 10.2 Å². The fourth-order valence-electron chi connectivity index (χ4n) is 1.67. The quantitative estimate of drug-likeness (QED) is 0.707. The van der Waals surface area contributed by atoms with Gasteiger partial charge in [0.25, 0.3) is 0 Å². The van der Waals surface area contributed by atoms with Gasteiger partial charge in [-0.3, -0.25) is 0 Å². The second kappa shape index (κ2) is 3.92. The Balaban J connectivity index is 2.16. The summed E-state index contributed by atoms with van der Waals surface area (Å²) in [5.74, 6) is 0.851. The van der Waals surface area contributed by atoms with Crippen molar-refractivity contribution in [2.75, 3.05) is 24.5 Å². The molecule has 1 aromatic rings. The van der Waals surface area contributed by atoms with Gasteiger partial charge in [0.05, 0.1) is 0 Å². The summed E-state index contributed by atoms with van der Waals surface area (Å²) in [5.41, 5.74) is 1.11. The first-order valence-corrected chi connectivity index (χ1v) is 5.03. The van der Waals surface area contributed by atoms with Crippen LogP contribution in [0.4, 0.5) is 5.95 Å². The van der Waals surface area contributed by atoms with E-state index in [4.69, 9.17) is 0 Å². The lowest BCUT2D eigenvalue weighted by Gasteiger charge is -2.33. The van der Waals surface area contributed by atoms with E-state index in [-0.39, 0.29) is 0 Å². The van der Waals surface area contributed by atoms with Crippen molar-refractivity contribution in [1.82, 2.24) is 15.3 Å². The summed E-state index contributed by atoms with van der Waals surface area (Å²) in [7, 11) is 0. The van der Waals surface area contributed by atoms with Crippen LogP contribution >= 0.6 is 0 Å². The Kier molecular flexibility index (Phi) is 2.63. The number of aromatic nitrogens is 2. The highest BCUT2D eigenvalue weighted by molar-refractivity contribution is 5.32. The fraction of sp³-hybridized carbons (Fsp3) is 0.600. The van der Waals surface area contributed by atoms with Crippen LogP contribution in [-0.4, -0.2) is 35.6 Å². The number of nitrogens with zero attached hydrogens (tertiary/aromatic N) is 3. The van der Waals surface area contributed by atoms with E-state index in [1.165, 1.54) is 0 Å². The van der Waals surface area contributed by atoms with E-state index in [1.54, 1.807) is 0 Å². The molecule has 1 aromatic heterocycles. The summed E-state index contributed by atoms with van der Waals surface area (Å²) >= 11 is 0. The van der Waals surface area contributed by atoms with Gasteiger partial charge in [0, 0.05) is 38.1 Å². The van der Waals surface area contributed by atoms with Gasteiger partial charge in [0.2, 0.25) is 5.95 Å². The predicted molar refractivity (Wildman–Crippen MR) is 56.4 cm³/mol. The average Bonchev–Trinajstić information content (AvgIpc) is 2.20. The maximum Gasteiger partial charge on any atom is 0.225 e. The van der Waals surface area contributed by atoms with Crippen molar-refractivity contribution in [1.29, 1.82) is 0 Å². The topological polar surface area (TPSA) is 41.1 Å². The Morgan fingerprint density at radius 1 is 1.43 bits per heavy atom. The molecule has 0 aliphatic carbocycles.